The average Bonchev–Trinajstić information content (AvgIpc) is 2.81. The van der Waals surface area contributed by atoms with Crippen LogP contribution in [0.15, 0.2) is 0 Å². The first-order chi connectivity index (χ1) is 9.74. The van der Waals surface area contributed by atoms with Crippen molar-refractivity contribution in [2.45, 2.75) is 44.2 Å². The summed E-state index contributed by atoms with van der Waals surface area (Å²) in [5.74, 6) is -0.0796. The van der Waals surface area contributed by atoms with Crippen LogP contribution in [-0.4, -0.2) is 66.7 Å². The largest absolute Gasteiger partial charge is 0.377 e. The van der Waals surface area contributed by atoms with Crippen LogP contribution in [0.5, 0.6) is 0 Å². The summed E-state index contributed by atoms with van der Waals surface area (Å²) in [6.45, 7) is 3.94. The number of nitrogens with zero attached hydrogens (tertiary/aromatic N) is 2. The fraction of sp³-hybridized carbons (Fsp3) is 0.857. The highest BCUT2D eigenvalue weighted by Gasteiger charge is 2.36. The second kappa shape index (κ2) is 6.10. The van der Waals surface area contributed by atoms with Crippen LogP contribution in [0, 0.1) is 0 Å². The van der Waals surface area contributed by atoms with E-state index in [-0.39, 0.29) is 24.5 Å². The average molecular weight is 281 g/mol. The zero-order chi connectivity index (χ0) is 13.9. The predicted octanol–water partition coefficient (Wildman–Crippen LogP) is 0.572. The van der Waals surface area contributed by atoms with Gasteiger partial charge in [0.2, 0.25) is 5.91 Å². The van der Waals surface area contributed by atoms with E-state index in [4.69, 9.17) is 4.74 Å². The van der Waals surface area contributed by atoms with Gasteiger partial charge in [-0.05, 0) is 32.1 Å². The Morgan fingerprint density at radius 3 is 2.55 bits per heavy atom. The first-order valence-corrected chi connectivity index (χ1v) is 7.68. The van der Waals surface area contributed by atoms with Crippen LogP contribution in [0.1, 0.15) is 32.1 Å². The Morgan fingerprint density at radius 1 is 1.15 bits per heavy atom. The number of carbonyl (C=O) groups excluding carboxylic acids is 2. The maximum absolute atomic E-state index is 11.7. The summed E-state index contributed by atoms with van der Waals surface area (Å²) in [5.41, 5.74) is 0. The molecule has 1 unspecified atom stereocenters. The number of urea groups is 1. The zero-order valence-electron chi connectivity index (χ0n) is 11.8. The topological polar surface area (TPSA) is 61.9 Å². The van der Waals surface area contributed by atoms with Crippen molar-refractivity contribution in [3.63, 3.8) is 0 Å². The molecule has 3 saturated heterocycles. The zero-order valence-corrected chi connectivity index (χ0v) is 11.8. The molecule has 0 bridgehead atoms. The predicted molar refractivity (Wildman–Crippen MR) is 73.3 cm³/mol. The minimum atomic E-state index is -0.218. The number of hydrogen-bond donors (Lipinski definition) is 1. The molecule has 3 aliphatic rings. The van der Waals surface area contributed by atoms with Gasteiger partial charge >= 0.3 is 6.03 Å². The van der Waals surface area contributed by atoms with E-state index in [9.17, 15) is 9.59 Å². The molecule has 6 heteroatoms. The molecule has 3 fully saturated rings. The van der Waals surface area contributed by atoms with Crippen molar-refractivity contribution in [2.24, 2.45) is 0 Å². The molecule has 3 heterocycles. The fourth-order valence-electron chi connectivity index (χ4n) is 3.40. The van der Waals surface area contributed by atoms with Crippen LogP contribution >= 0.6 is 0 Å². The van der Waals surface area contributed by atoms with Crippen LogP contribution < -0.4 is 5.32 Å². The smallest absolute Gasteiger partial charge is 0.324 e. The molecular formula is C14H23N3O3. The number of hydrogen-bond acceptors (Lipinski definition) is 4. The molecule has 0 spiro atoms. The van der Waals surface area contributed by atoms with Crippen molar-refractivity contribution in [2.75, 3.05) is 32.8 Å². The monoisotopic (exact) mass is 281 g/mol. The van der Waals surface area contributed by atoms with Crippen molar-refractivity contribution in [3.05, 3.63) is 0 Å². The van der Waals surface area contributed by atoms with E-state index in [1.165, 1.54) is 17.7 Å². The normalized spacial score (nSPS) is 29.8. The molecule has 6 nitrogen and oxygen atoms in total. The molecule has 0 saturated carbocycles. The maximum atomic E-state index is 11.7. The number of nitrogens with one attached hydrogen (secondary N) is 1. The number of amides is 3. The highest BCUT2D eigenvalue weighted by molar-refractivity contribution is 6.02. The Morgan fingerprint density at radius 2 is 1.95 bits per heavy atom. The first-order valence-electron chi connectivity index (χ1n) is 7.68. The molecule has 1 atom stereocenters. The Labute approximate surface area is 119 Å². The molecule has 0 aliphatic carbocycles. The number of imide groups is 1. The van der Waals surface area contributed by atoms with Gasteiger partial charge in [0.05, 0.1) is 12.6 Å². The van der Waals surface area contributed by atoms with E-state index in [1.807, 2.05) is 0 Å². The molecule has 20 heavy (non-hydrogen) atoms. The molecule has 3 aliphatic heterocycles. The van der Waals surface area contributed by atoms with Crippen molar-refractivity contribution < 1.29 is 14.3 Å². The number of likely N-dealkylation sites (tertiary alicyclic amines) is 1. The van der Waals surface area contributed by atoms with E-state index in [0.717, 1.165) is 45.5 Å². The van der Waals surface area contributed by atoms with Crippen molar-refractivity contribution in [1.29, 1.82) is 0 Å². The van der Waals surface area contributed by atoms with Gasteiger partial charge in [-0.1, -0.05) is 0 Å². The molecular weight excluding hydrogens is 258 g/mol. The second-order valence-corrected chi connectivity index (χ2v) is 5.94. The highest BCUT2D eigenvalue weighted by atomic mass is 16.5. The van der Waals surface area contributed by atoms with Crippen molar-refractivity contribution in [1.82, 2.24) is 15.1 Å². The molecule has 3 rings (SSSR count). The van der Waals surface area contributed by atoms with Crippen molar-refractivity contribution >= 4 is 11.9 Å². The highest BCUT2D eigenvalue weighted by Crippen LogP contribution is 2.21. The second-order valence-electron chi connectivity index (χ2n) is 5.94. The van der Waals surface area contributed by atoms with Gasteiger partial charge in [0.15, 0.2) is 0 Å². The number of piperidine rings is 1. The minimum absolute atomic E-state index is 0.0773. The lowest BCUT2D eigenvalue weighted by molar-refractivity contribution is -0.127. The van der Waals surface area contributed by atoms with E-state index in [0.29, 0.717) is 6.10 Å². The molecule has 0 aromatic carbocycles. The van der Waals surface area contributed by atoms with Crippen LogP contribution in [0.3, 0.4) is 0 Å². The summed E-state index contributed by atoms with van der Waals surface area (Å²) in [5, 5.41) is 2.60. The quantitative estimate of drug-likeness (QED) is 0.768. The van der Waals surface area contributed by atoms with Crippen molar-refractivity contribution in [3.8, 4) is 0 Å². The standard InChI is InChI=1S/C14H23N3O3/c18-13-9-15-14(19)17(13)11-4-6-16(7-5-11)10-12-3-1-2-8-20-12/h11-12H,1-10H2,(H,15,19). The van der Waals surface area contributed by atoms with Gasteiger partial charge in [0.1, 0.15) is 0 Å². The molecule has 1 N–H and O–H groups in total. The Hall–Kier alpha value is -1.14. The van der Waals surface area contributed by atoms with Crippen LogP contribution in [0.25, 0.3) is 0 Å². The van der Waals surface area contributed by atoms with Gasteiger partial charge in [0, 0.05) is 32.3 Å². The summed E-state index contributed by atoms with van der Waals surface area (Å²) in [7, 11) is 0. The van der Waals surface area contributed by atoms with Gasteiger partial charge in [-0.15, -0.1) is 0 Å². The van der Waals surface area contributed by atoms with E-state index in [2.05, 4.69) is 10.2 Å². The number of carbonyl (C=O) groups is 2. The van der Waals surface area contributed by atoms with Gasteiger partial charge in [0.25, 0.3) is 0 Å². The third-order valence-corrected chi connectivity index (χ3v) is 4.54. The Kier molecular flexibility index (Phi) is 4.21. The molecule has 112 valence electrons. The van der Waals surface area contributed by atoms with Gasteiger partial charge in [-0.25, -0.2) is 4.79 Å². The maximum Gasteiger partial charge on any atom is 0.324 e. The molecule has 0 radical (unpaired) electrons. The Balaban J connectivity index is 1.47. The number of ether oxygens (including phenoxy) is 1. The minimum Gasteiger partial charge on any atom is -0.377 e. The lowest BCUT2D eigenvalue weighted by Gasteiger charge is -2.37. The molecule has 0 aromatic rings. The van der Waals surface area contributed by atoms with Crippen LogP contribution in [-0.2, 0) is 9.53 Å². The van der Waals surface area contributed by atoms with E-state index >= 15 is 0 Å². The Bertz CT molecular complexity index is 358. The van der Waals surface area contributed by atoms with Gasteiger partial charge in [-0.3, -0.25) is 9.69 Å². The lowest BCUT2D eigenvalue weighted by Crippen LogP contribution is -2.49. The fourth-order valence-corrected chi connectivity index (χ4v) is 3.40. The first kappa shape index (κ1) is 13.8. The summed E-state index contributed by atoms with van der Waals surface area (Å²) < 4.78 is 5.77. The number of rotatable bonds is 3. The SMILES string of the molecule is O=C1CNC(=O)N1C1CCN(CC2CCCCO2)CC1. The van der Waals surface area contributed by atoms with Crippen LogP contribution in [0.2, 0.25) is 0 Å². The third kappa shape index (κ3) is 2.96. The van der Waals surface area contributed by atoms with Crippen LogP contribution in [0.4, 0.5) is 4.79 Å². The lowest BCUT2D eigenvalue weighted by atomic mass is 10.0. The van der Waals surface area contributed by atoms with E-state index in [1.54, 1.807) is 0 Å². The summed E-state index contributed by atoms with van der Waals surface area (Å²) in [4.78, 5) is 27.2. The van der Waals surface area contributed by atoms with E-state index < -0.39 is 0 Å². The summed E-state index contributed by atoms with van der Waals surface area (Å²) >= 11 is 0. The third-order valence-electron chi connectivity index (χ3n) is 4.54. The van der Waals surface area contributed by atoms with Gasteiger partial charge < -0.3 is 15.0 Å². The summed E-state index contributed by atoms with van der Waals surface area (Å²) in [6, 6.07) is -0.141. The molecule has 3 amide bonds. The van der Waals surface area contributed by atoms with Gasteiger partial charge in [-0.2, -0.15) is 0 Å². The molecule has 0 aromatic heterocycles. The summed E-state index contributed by atoms with van der Waals surface area (Å²) in [6.07, 6.45) is 5.75.